The molecule has 0 fully saturated rings. The van der Waals surface area contributed by atoms with Crippen LogP contribution in [0.2, 0.25) is 0 Å². The van der Waals surface area contributed by atoms with Gasteiger partial charge in [0.2, 0.25) is 0 Å². The molecule has 0 spiro atoms. The van der Waals surface area contributed by atoms with E-state index in [1.165, 1.54) is 0 Å². The van der Waals surface area contributed by atoms with Gasteiger partial charge >= 0.3 is 27.6 Å². The maximum atomic E-state index is 12.1. The zero-order chi connectivity index (χ0) is 15.1. The van der Waals surface area contributed by atoms with Crippen LogP contribution in [0.25, 0.3) is 10.2 Å². The van der Waals surface area contributed by atoms with Crippen molar-refractivity contribution in [2.75, 3.05) is 0 Å². The molecule has 12 heteroatoms. The van der Waals surface area contributed by atoms with E-state index in [9.17, 15) is 26.4 Å². The fraction of sp³-hybridized carbons (Fsp3) is 0.125. The van der Waals surface area contributed by atoms with Crippen molar-refractivity contribution in [2.24, 2.45) is 0 Å². The number of hydrogen-bond donors (Lipinski definition) is 1. The smallest absolute Gasteiger partial charge is 0.477 e. The summed E-state index contributed by atoms with van der Waals surface area (Å²) in [6.45, 7) is 0. The Morgan fingerprint density at radius 2 is 2.05 bits per heavy atom. The van der Waals surface area contributed by atoms with E-state index in [-0.39, 0.29) is 15.1 Å². The van der Waals surface area contributed by atoms with Gasteiger partial charge in [-0.15, -0.1) is 11.3 Å². The minimum Gasteiger partial charge on any atom is -0.477 e. The maximum Gasteiger partial charge on any atom is 0.534 e. The van der Waals surface area contributed by atoms with Crippen LogP contribution in [0.1, 0.15) is 9.67 Å². The quantitative estimate of drug-likeness (QED) is 0.674. The summed E-state index contributed by atoms with van der Waals surface area (Å²) in [6.07, 6.45) is 0.973. The highest BCUT2D eigenvalue weighted by Gasteiger charge is 2.49. The highest BCUT2D eigenvalue weighted by molar-refractivity contribution is 7.87. The van der Waals surface area contributed by atoms with Crippen LogP contribution < -0.4 is 4.18 Å². The van der Waals surface area contributed by atoms with E-state index in [4.69, 9.17) is 5.11 Å². The fourth-order valence-corrected chi connectivity index (χ4v) is 2.29. The van der Waals surface area contributed by atoms with Gasteiger partial charge in [0, 0.05) is 0 Å². The zero-order valence-electron chi connectivity index (χ0n) is 9.08. The summed E-state index contributed by atoms with van der Waals surface area (Å²) in [5, 5.41) is 8.73. The van der Waals surface area contributed by atoms with Crippen LogP contribution in [-0.2, 0) is 10.1 Å². The summed E-state index contributed by atoms with van der Waals surface area (Å²) in [6, 6.07) is 0.0291. The van der Waals surface area contributed by atoms with Gasteiger partial charge in [-0.05, 0) is 6.07 Å². The molecule has 2 aromatic heterocycles. The van der Waals surface area contributed by atoms with E-state index in [0.717, 1.165) is 23.6 Å². The number of carboxylic acids is 1. The molecule has 0 saturated heterocycles. The van der Waals surface area contributed by atoms with Crippen LogP contribution in [0.4, 0.5) is 13.2 Å². The predicted molar refractivity (Wildman–Crippen MR) is 60.0 cm³/mol. The van der Waals surface area contributed by atoms with Gasteiger partial charge in [0.25, 0.3) is 0 Å². The third-order valence-electron chi connectivity index (χ3n) is 1.93. The number of carboxylic acid groups (broad SMARTS) is 1. The first-order valence-corrected chi connectivity index (χ1v) is 6.83. The van der Waals surface area contributed by atoms with E-state index >= 15 is 0 Å². The molecule has 0 aliphatic heterocycles. The number of aromatic carboxylic acids is 1. The van der Waals surface area contributed by atoms with Crippen LogP contribution in [0, 0.1) is 0 Å². The lowest BCUT2D eigenvalue weighted by Gasteiger charge is -2.07. The third-order valence-corrected chi connectivity index (χ3v) is 3.91. The SMILES string of the molecule is O=C(O)c1cc2nc(OS(=O)(=O)C(F)(F)F)ncc2s1. The summed E-state index contributed by atoms with van der Waals surface area (Å²) in [5.41, 5.74) is -5.64. The molecule has 0 radical (unpaired) electrons. The Kier molecular flexibility index (Phi) is 3.29. The Balaban J connectivity index is 2.40. The number of rotatable bonds is 3. The molecule has 0 aliphatic rings. The lowest BCUT2D eigenvalue weighted by molar-refractivity contribution is -0.0502. The van der Waals surface area contributed by atoms with E-state index < -0.39 is 27.6 Å². The van der Waals surface area contributed by atoms with Crippen LogP contribution in [0.5, 0.6) is 6.01 Å². The largest absolute Gasteiger partial charge is 0.534 e. The van der Waals surface area contributed by atoms with Gasteiger partial charge in [0.05, 0.1) is 16.4 Å². The Hall–Kier alpha value is -1.95. The summed E-state index contributed by atoms with van der Waals surface area (Å²) >= 11 is 0.786. The van der Waals surface area contributed by atoms with E-state index in [0.29, 0.717) is 0 Å². The molecule has 1 N–H and O–H groups in total. The van der Waals surface area contributed by atoms with Gasteiger partial charge in [0.1, 0.15) is 4.88 Å². The highest BCUT2D eigenvalue weighted by atomic mass is 32.2. The van der Waals surface area contributed by atoms with Crippen LogP contribution in [0.3, 0.4) is 0 Å². The fourth-order valence-electron chi connectivity index (χ4n) is 1.11. The summed E-state index contributed by atoms with van der Waals surface area (Å²) in [7, 11) is -5.87. The van der Waals surface area contributed by atoms with E-state index in [1.54, 1.807) is 0 Å². The predicted octanol–water partition coefficient (Wildman–Crippen LogP) is 1.62. The molecule has 2 aromatic rings. The molecular formula is C8H3F3N2O5S2. The van der Waals surface area contributed by atoms with Gasteiger partial charge in [0.15, 0.2) is 0 Å². The number of fused-ring (bicyclic) bond motifs is 1. The molecule has 2 heterocycles. The Labute approximate surface area is 112 Å². The van der Waals surface area contributed by atoms with Crippen LogP contribution in [-0.4, -0.2) is 35.0 Å². The van der Waals surface area contributed by atoms with Crippen LogP contribution >= 0.6 is 11.3 Å². The summed E-state index contributed by atoms with van der Waals surface area (Å²) < 4.78 is 61.8. The number of hydrogen-bond acceptors (Lipinski definition) is 7. The Morgan fingerprint density at radius 3 is 2.60 bits per heavy atom. The molecule has 20 heavy (non-hydrogen) atoms. The van der Waals surface area contributed by atoms with Crippen molar-refractivity contribution in [1.29, 1.82) is 0 Å². The number of aromatic nitrogens is 2. The van der Waals surface area contributed by atoms with Crippen molar-refractivity contribution >= 4 is 37.6 Å². The molecule has 0 amide bonds. The summed E-state index contributed by atoms with van der Waals surface area (Å²) in [4.78, 5) is 17.3. The van der Waals surface area contributed by atoms with Gasteiger partial charge in [-0.3, -0.25) is 0 Å². The number of thiophene rings is 1. The Morgan fingerprint density at radius 1 is 1.40 bits per heavy atom. The molecule has 0 atom stereocenters. The first-order chi connectivity index (χ1) is 9.10. The topological polar surface area (TPSA) is 106 Å². The van der Waals surface area contributed by atoms with Gasteiger partial charge in [-0.1, -0.05) is 0 Å². The second kappa shape index (κ2) is 4.56. The summed E-state index contributed by atoms with van der Waals surface area (Å²) in [5.74, 6) is -1.25. The van der Waals surface area contributed by atoms with Crippen molar-refractivity contribution < 1.29 is 35.7 Å². The van der Waals surface area contributed by atoms with Crippen molar-refractivity contribution in [3.8, 4) is 6.01 Å². The Bertz CT molecular complexity index is 783. The average Bonchev–Trinajstić information content (AvgIpc) is 2.69. The second-order valence-electron chi connectivity index (χ2n) is 3.30. The first-order valence-electron chi connectivity index (χ1n) is 4.61. The molecule has 0 aliphatic carbocycles. The van der Waals surface area contributed by atoms with Crippen molar-refractivity contribution in [3.05, 3.63) is 17.1 Å². The number of alkyl halides is 3. The minimum absolute atomic E-state index is 0.0326. The van der Waals surface area contributed by atoms with E-state index in [2.05, 4.69) is 14.2 Å². The highest BCUT2D eigenvalue weighted by Crippen LogP contribution is 2.28. The molecule has 108 valence electrons. The number of carbonyl (C=O) groups is 1. The average molecular weight is 328 g/mol. The first kappa shape index (κ1) is 14.5. The van der Waals surface area contributed by atoms with Crippen molar-refractivity contribution in [3.63, 3.8) is 0 Å². The number of halogens is 3. The van der Waals surface area contributed by atoms with Gasteiger partial charge < -0.3 is 9.29 Å². The molecule has 0 bridgehead atoms. The number of nitrogens with zero attached hydrogens (tertiary/aromatic N) is 2. The molecule has 0 aromatic carbocycles. The standard InChI is InChI=1S/C8H3F3N2O5S2/c9-8(10,11)20(16,17)18-7-12-2-5-3(13-7)1-4(19-5)6(14)15/h1-2H,(H,14,15). The molecule has 2 rings (SSSR count). The molecule has 0 unspecified atom stereocenters. The monoisotopic (exact) mass is 328 g/mol. The normalized spacial score (nSPS) is 12.6. The molecule has 7 nitrogen and oxygen atoms in total. The maximum absolute atomic E-state index is 12.1. The molecule has 0 saturated carbocycles. The lowest BCUT2D eigenvalue weighted by atomic mass is 10.4. The van der Waals surface area contributed by atoms with Crippen molar-refractivity contribution in [1.82, 2.24) is 9.97 Å². The van der Waals surface area contributed by atoms with Gasteiger partial charge in [-0.2, -0.15) is 26.6 Å². The second-order valence-corrected chi connectivity index (χ2v) is 5.92. The third kappa shape index (κ3) is 2.65. The zero-order valence-corrected chi connectivity index (χ0v) is 10.7. The lowest BCUT2D eigenvalue weighted by Crippen LogP contribution is -2.28. The van der Waals surface area contributed by atoms with Crippen LogP contribution in [0.15, 0.2) is 12.3 Å². The van der Waals surface area contributed by atoms with Crippen molar-refractivity contribution in [2.45, 2.75) is 5.51 Å². The van der Waals surface area contributed by atoms with E-state index in [1.807, 2.05) is 0 Å². The van der Waals surface area contributed by atoms with Gasteiger partial charge in [-0.25, -0.2) is 9.78 Å². The minimum atomic E-state index is -5.87. The molecular weight excluding hydrogens is 325 g/mol.